The van der Waals surface area contributed by atoms with Gasteiger partial charge in [-0.05, 0) is 31.2 Å². The molecule has 0 aliphatic rings. The van der Waals surface area contributed by atoms with Gasteiger partial charge >= 0.3 is 0 Å². The van der Waals surface area contributed by atoms with Gasteiger partial charge in [-0.25, -0.2) is 0 Å². The quantitative estimate of drug-likeness (QED) is 0.584. The third kappa shape index (κ3) is 4.79. The molecule has 0 saturated carbocycles. The first kappa shape index (κ1) is 12.7. The average molecular weight is 228 g/mol. The molecule has 2 aromatic rings. The molecule has 86 valence electrons. The van der Waals surface area contributed by atoms with Crippen molar-refractivity contribution in [3.05, 3.63) is 60.2 Å². The van der Waals surface area contributed by atoms with Crippen LogP contribution < -0.4 is 0 Å². The molecule has 0 saturated heterocycles. The van der Waals surface area contributed by atoms with Crippen LogP contribution in [-0.2, 0) is 0 Å². The number of aromatic nitrogens is 2. The number of nitrogens with zero attached hydrogens (tertiary/aromatic N) is 2. The molecule has 0 spiro atoms. The number of aldehydes is 1. The molecule has 0 fully saturated rings. The summed E-state index contributed by atoms with van der Waals surface area (Å²) in [5.74, 6) is 0.0584. The van der Waals surface area contributed by atoms with Gasteiger partial charge in [0, 0.05) is 35.9 Å². The van der Waals surface area contributed by atoms with Crippen LogP contribution >= 0.6 is 0 Å². The molecule has 0 amide bonds. The van der Waals surface area contributed by atoms with Gasteiger partial charge < -0.3 is 0 Å². The van der Waals surface area contributed by atoms with E-state index in [1.165, 1.54) is 13.1 Å². The maximum absolute atomic E-state index is 10.6. The summed E-state index contributed by atoms with van der Waals surface area (Å²) >= 11 is 0. The molecule has 2 rings (SSSR count). The number of pyridine rings is 2. The summed E-state index contributed by atoms with van der Waals surface area (Å²) in [7, 11) is 0. The summed E-state index contributed by atoms with van der Waals surface area (Å²) < 4.78 is 0. The highest BCUT2D eigenvalue weighted by molar-refractivity contribution is 5.93. The van der Waals surface area contributed by atoms with Crippen molar-refractivity contribution in [2.45, 2.75) is 6.92 Å². The van der Waals surface area contributed by atoms with Crippen molar-refractivity contribution in [3.8, 4) is 0 Å². The molecular formula is C13H12N2O2. The summed E-state index contributed by atoms with van der Waals surface area (Å²) in [5.41, 5.74) is 1.28. The highest BCUT2D eigenvalue weighted by Gasteiger charge is 1.93. The molecule has 2 aromatic heterocycles. The number of hydrogen-bond acceptors (Lipinski definition) is 4. The number of rotatable bonds is 2. The molecule has 0 unspecified atom stereocenters. The zero-order chi connectivity index (χ0) is 12.5. The van der Waals surface area contributed by atoms with E-state index in [1.807, 2.05) is 0 Å². The van der Waals surface area contributed by atoms with Gasteiger partial charge in [-0.3, -0.25) is 19.6 Å². The van der Waals surface area contributed by atoms with Crippen LogP contribution in [0.1, 0.15) is 27.6 Å². The summed E-state index contributed by atoms with van der Waals surface area (Å²) in [5, 5.41) is 0. The van der Waals surface area contributed by atoms with Crippen LogP contribution in [0, 0.1) is 0 Å². The van der Waals surface area contributed by atoms with Crippen LogP contribution in [0.15, 0.2) is 49.1 Å². The summed E-state index contributed by atoms with van der Waals surface area (Å²) in [6, 6.07) is 6.93. The Morgan fingerprint density at radius 1 is 1.12 bits per heavy atom. The second-order valence-electron chi connectivity index (χ2n) is 3.20. The Balaban J connectivity index is 0.000000171. The Kier molecular flexibility index (Phi) is 5.24. The molecule has 4 nitrogen and oxygen atoms in total. The molecule has 0 aliphatic heterocycles. The lowest BCUT2D eigenvalue weighted by Crippen LogP contribution is -1.90. The van der Waals surface area contributed by atoms with Gasteiger partial charge in [0.25, 0.3) is 0 Å². The number of hydrogen-bond donors (Lipinski definition) is 0. The van der Waals surface area contributed by atoms with Gasteiger partial charge in [-0.15, -0.1) is 0 Å². The van der Waals surface area contributed by atoms with Crippen LogP contribution in [-0.4, -0.2) is 22.0 Å². The van der Waals surface area contributed by atoms with Crippen molar-refractivity contribution in [3.63, 3.8) is 0 Å². The van der Waals surface area contributed by atoms with Crippen molar-refractivity contribution >= 4 is 12.1 Å². The van der Waals surface area contributed by atoms with Gasteiger partial charge in [0.2, 0.25) is 0 Å². The van der Waals surface area contributed by atoms with Gasteiger partial charge in [0.15, 0.2) is 12.1 Å². The van der Waals surface area contributed by atoms with E-state index in [1.54, 1.807) is 42.9 Å². The van der Waals surface area contributed by atoms with Crippen LogP contribution in [0.5, 0.6) is 0 Å². The third-order valence-corrected chi connectivity index (χ3v) is 1.89. The first-order chi connectivity index (χ1) is 8.24. The van der Waals surface area contributed by atoms with Crippen molar-refractivity contribution in [1.29, 1.82) is 0 Å². The molecule has 2 heterocycles. The normalized spacial score (nSPS) is 8.76. The lowest BCUT2D eigenvalue weighted by atomic mass is 10.2. The standard InChI is InChI=1S/C7H7NO.C6H5NO/c1-6(9)7-3-2-4-8-5-7;8-5-6-2-1-3-7-4-6/h2-5H,1H3;1-5H. The van der Waals surface area contributed by atoms with E-state index in [2.05, 4.69) is 9.97 Å². The molecule has 0 radical (unpaired) electrons. The Morgan fingerprint density at radius 3 is 2.06 bits per heavy atom. The van der Waals surface area contributed by atoms with E-state index < -0.39 is 0 Å². The topological polar surface area (TPSA) is 59.9 Å². The fraction of sp³-hybridized carbons (Fsp3) is 0.0769. The van der Waals surface area contributed by atoms with Crippen molar-refractivity contribution in [2.24, 2.45) is 0 Å². The van der Waals surface area contributed by atoms with E-state index in [0.29, 0.717) is 11.1 Å². The fourth-order valence-corrected chi connectivity index (χ4v) is 1.02. The second-order valence-corrected chi connectivity index (χ2v) is 3.20. The highest BCUT2D eigenvalue weighted by atomic mass is 16.1. The third-order valence-electron chi connectivity index (χ3n) is 1.89. The monoisotopic (exact) mass is 228 g/mol. The summed E-state index contributed by atoms with van der Waals surface area (Å²) in [6.45, 7) is 1.52. The predicted octanol–water partition coefficient (Wildman–Crippen LogP) is 2.18. The maximum atomic E-state index is 10.6. The van der Waals surface area contributed by atoms with Crippen molar-refractivity contribution < 1.29 is 9.59 Å². The first-order valence-electron chi connectivity index (χ1n) is 5.00. The van der Waals surface area contributed by atoms with Gasteiger partial charge in [0.1, 0.15) is 0 Å². The molecule has 0 aromatic carbocycles. The highest BCUT2D eigenvalue weighted by Crippen LogP contribution is 1.94. The van der Waals surface area contributed by atoms with Gasteiger partial charge in [0.05, 0.1) is 0 Å². The van der Waals surface area contributed by atoms with Crippen LogP contribution in [0.25, 0.3) is 0 Å². The average Bonchev–Trinajstić information content (AvgIpc) is 2.41. The Hall–Kier alpha value is -2.36. The van der Waals surface area contributed by atoms with Crippen LogP contribution in [0.3, 0.4) is 0 Å². The van der Waals surface area contributed by atoms with E-state index >= 15 is 0 Å². The first-order valence-corrected chi connectivity index (χ1v) is 5.00. The smallest absolute Gasteiger partial charge is 0.161 e. The van der Waals surface area contributed by atoms with E-state index in [-0.39, 0.29) is 5.78 Å². The Morgan fingerprint density at radius 2 is 1.76 bits per heavy atom. The van der Waals surface area contributed by atoms with E-state index in [0.717, 1.165) is 6.29 Å². The zero-order valence-electron chi connectivity index (χ0n) is 9.41. The Bertz CT molecular complexity index is 469. The molecule has 0 bridgehead atoms. The lowest BCUT2D eigenvalue weighted by Gasteiger charge is -1.88. The fourth-order valence-electron chi connectivity index (χ4n) is 1.02. The van der Waals surface area contributed by atoms with Gasteiger partial charge in [-0.2, -0.15) is 0 Å². The molecular weight excluding hydrogens is 216 g/mol. The minimum Gasteiger partial charge on any atom is -0.298 e. The molecule has 17 heavy (non-hydrogen) atoms. The number of carbonyl (C=O) groups excluding carboxylic acids is 2. The Labute approximate surface area is 99.4 Å². The van der Waals surface area contributed by atoms with Crippen molar-refractivity contribution in [2.75, 3.05) is 0 Å². The molecule has 0 aliphatic carbocycles. The van der Waals surface area contributed by atoms with Gasteiger partial charge in [-0.1, -0.05) is 0 Å². The number of carbonyl (C=O) groups is 2. The largest absolute Gasteiger partial charge is 0.298 e. The number of ketones is 1. The minimum atomic E-state index is 0.0584. The van der Waals surface area contributed by atoms with Crippen molar-refractivity contribution in [1.82, 2.24) is 9.97 Å². The molecule has 0 atom stereocenters. The van der Waals surface area contributed by atoms with Crippen LogP contribution in [0.2, 0.25) is 0 Å². The second kappa shape index (κ2) is 7.00. The maximum Gasteiger partial charge on any atom is 0.161 e. The van der Waals surface area contributed by atoms with E-state index in [9.17, 15) is 9.59 Å². The van der Waals surface area contributed by atoms with Crippen LogP contribution in [0.4, 0.5) is 0 Å². The lowest BCUT2D eigenvalue weighted by molar-refractivity contribution is 0.101. The summed E-state index contributed by atoms with van der Waals surface area (Å²) in [4.78, 5) is 28.1. The predicted molar refractivity (Wildman–Crippen MR) is 63.9 cm³/mol. The zero-order valence-corrected chi connectivity index (χ0v) is 9.41. The number of Topliss-reactive ketones (excluding diaryl/α,β-unsaturated/α-hetero) is 1. The molecule has 0 N–H and O–H groups in total. The summed E-state index contributed by atoms with van der Waals surface area (Å²) in [6.07, 6.45) is 7.13. The van der Waals surface area contributed by atoms with E-state index in [4.69, 9.17) is 0 Å². The SMILES string of the molecule is CC(=O)c1cccnc1.O=Cc1cccnc1. The molecule has 4 heteroatoms. The minimum absolute atomic E-state index is 0.0584.